The third-order valence-corrected chi connectivity index (χ3v) is 6.31. The van der Waals surface area contributed by atoms with E-state index in [-0.39, 0.29) is 18.0 Å². The van der Waals surface area contributed by atoms with E-state index in [1.54, 1.807) is 0 Å². The maximum absolute atomic E-state index is 13.0. The first-order chi connectivity index (χ1) is 15.9. The second kappa shape index (κ2) is 8.16. The van der Waals surface area contributed by atoms with E-state index in [9.17, 15) is 14.9 Å². The summed E-state index contributed by atoms with van der Waals surface area (Å²) in [6.45, 7) is 5.72. The van der Waals surface area contributed by atoms with E-state index in [0.717, 1.165) is 35.4 Å². The molecule has 4 aromatic rings. The molecule has 1 aliphatic heterocycles. The first-order valence-electron chi connectivity index (χ1n) is 10.9. The predicted octanol–water partition coefficient (Wildman–Crippen LogP) is 4.32. The Kier molecular flexibility index (Phi) is 5.17. The van der Waals surface area contributed by atoms with Crippen LogP contribution in [0.25, 0.3) is 11.0 Å². The van der Waals surface area contributed by atoms with E-state index in [2.05, 4.69) is 42.7 Å². The number of Topliss-reactive ketones (excluding diaryl/α,β-unsaturated/α-hetero) is 1. The average molecular weight is 442 g/mol. The minimum Gasteiger partial charge on any atom is -0.493 e. The lowest BCUT2D eigenvalue weighted by Gasteiger charge is -2.03. The van der Waals surface area contributed by atoms with Gasteiger partial charge in [-0.15, -0.1) is 0 Å². The number of aromatic nitrogens is 2. The molecule has 0 radical (unpaired) electrons. The van der Waals surface area contributed by atoms with E-state index >= 15 is 0 Å². The second-order valence-electron chi connectivity index (χ2n) is 8.56. The van der Waals surface area contributed by atoms with Crippen LogP contribution >= 0.6 is 0 Å². The van der Waals surface area contributed by atoms with E-state index < -0.39 is 4.92 Å². The molecule has 0 bridgehead atoms. The Bertz CT molecular complexity index is 1400. The Balaban J connectivity index is 1.49. The van der Waals surface area contributed by atoms with Gasteiger partial charge in [0.15, 0.2) is 17.6 Å². The summed E-state index contributed by atoms with van der Waals surface area (Å²) in [6, 6.07) is 16.4. The zero-order chi connectivity index (χ0) is 23.1. The molecule has 0 spiro atoms. The topological polar surface area (TPSA) is 78.2 Å². The van der Waals surface area contributed by atoms with Gasteiger partial charge in [-0.2, -0.15) is 0 Å². The lowest BCUT2D eigenvalue weighted by atomic mass is 10.1. The molecular weight excluding hydrogens is 418 g/mol. The van der Waals surface area contributed by atoms with Crippen LogP contribution in [-0.4, -0.2) is 21.9 Å². The molecule has 3 aromatic carbocycles. The molecule has 0 fully saturated rings. The Morgan fingerprint density at radius 2 is 1.85 bits per heavy atom. The van der Waals surface area contributed by atoms with Crippen molar-refractivity contribution >= 4 is 22.5 Å². The van der Waals surface area contributed by atoms with Gasteiger partial charge in [-0.1, -0.05) is 6.07 Å². The molecule has 5 rings (SSSR count). The van der Waals surface area contributed by atoms with Crippen molar-refractivity contribution in [3.8, 4) is 5.75 Å². The number of nitro groups is 1. The molecule has 166 valence electrons. The van der Waals surface area contributed by atoms with Crippen molar-refractivity contribution in [1.29, 1.82) is 0 Å². The molecular formula is C26H24N3O4+. The lowest BCUT2D eigenvalue weighted by molar-refractivity contribution is -0.663. The number of carbonyl (C=O) groups excluding carboxylic acids is 1. The van der Waals surface area contributed by atoms with Crippen LogP contribution in [0.4, 0.5) is 5.69 Å². The van der Waals surface area contributed by atoms with Crippen LogP contribution in [0.3, 0.4) is 0 Å². The zero-order valence-electron chi connectivity index (χ0n) is 18.6. The maximum Gasteiger partial charge on any atom is 0.269 e. The van der Waals surface area contributed by atoms with Gasteiger partial charge in [0.25, 0.3) is 5.69 Å². The SMILES string of the molecule is Cc1cc2c(cc1C)[n+](Cc1ccc3c(c1)CCO3)cn2CC(=O)c1ccc([N+](=O)[O-])cc1. The van der Waals surface area contributed by atoms with Crippen LogP contribution in [0.1, 0.15) is 32.6 Å². The number of rotatable bonds is 6. The Hall–Kier alpha value is -4.00. The van der Waals surface area contributed by atoms with Gasteiger partial charge < -0.3 is 4.74 Å². The van der Waals surface area contributed by atoms with Crippen LogP contribution in [-0.2, 0) is 19.5 Å². The van der Waals surface area contributed by atoms with E-state index in [4.69, 9.17) is 4.74 Å². The molecule has 1 aromatic heterocycles. The van der Waals surface area contributed by atoms with Crippen molar-refractivity contribution in [3.05, 3.63) is 98.9 Å². The summed E-state index contributed by atoms with van der Waals surface area (Å²) in [4.78, 5) is 23.4. The largest absolute Gasteiger partial charge is 0.493 e. The number of hydrogen-bond donors (Lipinski definition) is 0. The number of carbonyl (C=O) groups is 1. The van der Waals surface area contributed by atoms with Gasteiger partial charge in [-0.25, -0.2) is 9.13 Å². The first-order valence-corrected chi connectivity index (χ1v) is 10.9. The van der Waals surface area contributed by atoms with E-state index in [1.165, 1.54) is 41.0 Å². The fraction of sp³-hybridized carbons (Fsp3) is 0.231. The van der Waals surface area contributed by atoms with Gasteiger partial charge in [-0.3, -0.25) is 14.9 Å². The molecule has 0 aliphatic carbocycles. The monoisotopic (exact) mass is 442 g/mol. The summed E-state index contributed by atoms with van der Waals surface area (Å²) in [5.41, 5.74) is 7.24. The first kappa shape index (κ1) is 20.9. The van der Waals surface area contributed by atoms with Gasteiger partial charge in [0, 0.05) is 24.1 Å². The number of hydrogen-bond acceptors (Lipinski definition) is 4. The summed E-state index contributed by atoms with van der Waals surface area (Å²) in [6.07, 6.45) is 2.91. The zero-order valence-corrected chi connectivity index (χ0v) is 18.6. The summed E-state index contributed by atoms with van der Waals surface area (Å²) < 4.78 is 9.76. The number of imidazole rings is 1. The highest BCUT2D eigenvalue weighted by Crippen LogP contribution is 2.26. The van der Waals surface area contributed by atoms with Crippen molar-refractivity contribution in [2.45, 2.75) is 33.4 Å². The quantitative estimate of drug-likeness (QED) is 0.193. The minimum atomic E-state index is -0.465. The predicted molar refractivity (Wildman–Crippen MR) is 124 cm³/mol. The summed E-state index contributed by atoms with van der Waals surface area (Å²) in [5.74, 6) is 0.869. The van der Waals surface area contributed by atoms with Gasteiger partial charge in [0.05, 0.1) is 11.5 Å². The van der Waals surface area contributed by atoms with Gasteiger partial charge >= 0.3 is 0 Å². The van der Waals surface area contributed by atoms with Gasteiger partial charge in [0.1, 0.15) is 12.3 Å². The third kappa shape index (κ3) is 3.98. The highest BCUT2D eigenvalue weighted by atomic mass is 16.6. The van der Waals surface area contributed by atoms with Crippen molar-refractivity contribution in [2.24, 2.45) is 0 Å². The number of fused-ring (bicyclic) bond motifs is 2. The minimum absolute atomic E-state index is 0.0262. The summed E-state index contributed by atoms with van der Waals surface area (Å²) in [5, 5.41) is 10.9. The maximum atomic E-state index is 13.0. The summed E-state index contributed by atoms with van der Waals surface area (Å²) >= 11 is 0. The third-order valence-electron chi connectivity index (χ3n) is 6.31. The normalized spacial score (nSPS) is 12.5. The molecule has 0 unspecified atom stereocenters. The van der Waals surface area contributed by atoms with Crippen molar-refractivity contribution in [3.63, 3.8) is 0 Å². The van der Waals surface area contributed by atoms with Crippen LogP contribution in [0, 0.1) is 24.0 Å². The Morgan fingerprint density at radius 3 is 2.61 bits per heavy atom. The van der Waals surface area contributed by atoms with Crippen molar-refractivity contribution < 1.29 is 19.0 Å². The second-order valence-corrected chi connectivity index (χ2v) is 8.56. The molecule has 0 N–H and O–H groups in total. The number of non-ortho nitro benzene ring substituents is 1. The molecule has 0 saturated carbocycles. The molecule has 0 saturated heterocycles. The molecule has 1 aliphatic rings. The Morgan fingerprint density at radius 1 is 1.09 bits per heavy atom. The number of ketones is 1. The molecule has 33 heavy (non-hydrogen) atoms. The fourth-order valence-electron chi connectivity index (χ4n) is 4.34. The fourth-order valence-corrected chi connectivity index (χ4v) is 4.34. The molecule has 2 heterocycles. The van der Waals surface area contributed by atoms with Gasteiger partial charge in [-0.05, 0) is 72.5 Å². The van der Waals surface area contributed by atoms with Crippen LogP contribution in [0.2, 0.25) is 0 Å². The van der Waals surface area contributed by atoms with E-state index in [0.29, 0.717) is 12.1 Å². The average Bonchev–Trinajstić information content (AvgIpc) is 3.39. The highest BCUT2D eigenvalue weighted by molar-refractivity contribution is 5.96. The number of benzene rings is 3. The molecule has 0 atom stereocenters. The number of ether oxygens (including phenoxy) is 1. The molecule has 7 heteroatoms. The number of aryl methyl sites for hydroxylation is 2. The Labute approximate surface area is 191 Å². The van der Waals surface area contributed by atoms with E-state index in [1.807, 2.05) is 17.0 Å². The van der Waals surface area contributed by atoms with Crippen LogP contribution in [0.5, 0.6) is 5.75 Å². The van der Waals surface area contributed by atoms with Gasteiger partial charge in [0.2, 0.25) is 12.1 Å². The van der Waals surface area contributed by atoms with Crippen LogP contribution in [0.15, 0.2) is 60.9 Å². The number of nitrogens with zero attached hydrogens (tertiary/aromatic N) is 3. The highest BCUT2D eigenvalue weighted by Gasteiger charge is 2.21. The van der Waals surface area contributed by atoms with Crippen molar-refractivity contribution in [1.82, 2.24) is 4.57 Å². The summed E-state index contributed by atoms with van der Waals surface area (Å²) in [7, 11) is 0. The standard InChI is InChI=1S/C26H24N3O4/c1-17-11-23-24(12-18(17)2)28(15-25(30)20-4-6-22(7-5-20)29(31)32)16-27(23)14-19-3-8-26-21(13-19)9-10-33-26/h3-8,11-13,16H,9-10,14-15H2,1-2H3/q+1. The molecule has 0 amide bonds. The molecule has 7 nitrogen and oxygen atoms in total. The van der Waals surface area contributed by atoms with Crippen molar-refractivity contribution in [2.75, 3.05) is 6.61 Å². The lowest BCUT2D eigenvalue weighted by Crippen LogP contribution is -2.33. The van der Waals surface area contributed by atoms with Crippen LogP contribution < -0.4 is 9.30 Å². The smallest absolute Gasteiger partial charge is 0.269 e. The number of nitro benzene ring substituents is 1.